The second kappa shape index (κ2) is 12.8. The molecule has 0 unspecified atom stereocenters. The van der Waals surface area contributed by atoms with Gasteiger partial charge in [0.05, 0.1) is 46.4 Å². The predicted octanol–water partition coefficient (Wildman–Crippen LogP) is 5.64. The topological polar surface area (TPSA) is 66.6 Å². The van der Waals surface area contributed by atoms with E-state index in [1.54, 1.807) is 38.3 Å². The van der Waals surface area contributed by atoms with Crippen LogP contribution in [-0.4, -0.2) is 45.4 Å². The molecule has 7 nitrogen and oxygen atoms in total. The fraction of sp³-hybridized carbons (Fsp3) is 0.333. The minimum atomic E-state index is 0.492. The summed E-state index contributed by atoms with van der Waals surface area (Å²) in [7, 11) is 4.91. The molecule has 0 fully saturated rings. The van der Waals surface area contributed by atoms with Gasteiger partial charge in [0.2, 0.25) is 4.80 Å². The molecule has 0 saturated carbocycles. The van der Waals surface area contributed by atoms with Crippen molar-refractivity contribution in [3.05, 3.63) is 64.8 Å². The molecular weight excluding hydrogens is 462 g/mol. The zero-order valence-electron chi connectivity index (χ0n) is 21.0. The molecule has 2 aromatic carbocycles. The number of hydrogen-bond donors (Lipinski definition) is 0. The second-order valence-corrected chi connectivity index (χ2v) is 8.93. The zero-order valence-corrected chi connectivity index (χ0v) is 21.8. The molecule has 35 heavy (non-hydrogen) atoms. The van der Waals surface area contributed by atoms with Crippen LogP contribution in [0.2, 0.25) is 0 Å². The average molecular weight is 496 g/mol. The van der Waals surface area contributed by atoms with E-state index in [-0.39, 0.29) is 0 Å². The highest BCUT2D eigenvalue weighted by Gasteiger charge is 2.14. The minimum absolute atomic E-state index is 0.492. The van der Waals surface area contributed by atoms with Crippen LogP contribution in [0, 0.1) is 5.92 Å². The number of thiazole rings is 1. The highest BCUT2D eigenvalue weighted by Crippen LogP contribution is 2.34. The number of nitrogens with zero attached hydrogens (tertiary/aromatic N) is 3. The van der Waals surface area contributed by atoms with E-state index in [9.17, 15) is 0 Å². The molecule has 8 heteroatoms. The molecule has 0 amide bonds. The lowest BCUT2D eigenvalue weighted by Gasteiger charge is -2.12. The van der Waals surface area contributed by atoms with Gasteiger partial charge in [-0.2, -0.15) is 5.10 Å². The Bertz CT molecular complexity index is 1230. The monoisotopic (exact) mass is 495 g/mol. The smallest absolute Gasteiger partial charge is 0.206 e. The first-order valence-corrected chi connectivity index (χ1v) is 12.3. The van der Waals surface area contributed by atoms with E-state index in [1.165, 1.54) is 11.3 Å². The van der Waals surface area contributed by atoms with Crippen molar-refractivity contribution in [2.24, 2.45) is 16.0 Å². The van der Waals surface area contributed by atoms with Crippen molar-refractivity contribution in [3.63, 3.8) is 0 Å². The summed E-state index contributed by atoms with van der Waals surface area (Å²) in [6.07, 6.45) is 4.51. The zero-order chi connectivity index (χ0) is 25.2. The Balaban J connectivity index is 1.98. The molecule has 3 aromatic rings. The lowest BCUT2D eigenvalue weighted by Crippen LogP contribution is -2.12. The van der Waals surface area contributed by atoms with E-state index >= 15 is 0 Å². The maximum atomic E-state index is 5.91. The van der Waals surface area contributed by atoms with E-state index in [0.717, 1.165) is 39.5 Å². The summed E-state index contributed by atoms with van der Waals surface area (Å²) >= 11 is 1.50. The first-order valence-electron chi connectivity index (χ1n) is 11.4. The first-order chi connectivity index (χ1) is 17.0. The first kappa shape index (κ1) is 26.1. The molecule has 0 aliphatic heterocycles. The molecule has 0 spiro atoms. The average Bonchev–Trinajstić information content (AvgIpc) is 3.28. The van der Waals surface area contributed by atoms with Crippen LogP contribution in [0.15, 0.2) is 64.5 Å². The van der Waals surface area contributed by atoms with Gasteiger partial charge in [0.25, 0.3) is 0 Å². The van der Waals surface area contributed by atoms with Crippen LogP contribution in [0.5, 0.6) is 23.0 Å². The van der Waals surface area contributed by atoms with Crippen molar-refractivity contribution < 1.29 is 18.9 Å². The molecular formula is C27H33N3O4S. The summed E-state index contributed by atoms with van der Waals surface area (Å²) in [6, 6.07) is 11.5. The Morgan fingerprint density at radius 2 is 1.80 bits per heavy atom. The Kier molecular flexibility index (Phi) is 9.55. The summed E-state index contributed by atoms with van der Waals surface area (Å²) in [5.74, 6) is 3.37. The third-order valence-corrected chi connectivity index (χ3v) is 6.04. The van der Waals surface area contributed by atoms with Gasteiger partial charge in [0.15, 0.2) is 11.5 Å². The number of aromatic nitrogens is 1. The molecule has 3 rings (SSSR count). The van der Waals surface area contributed by atoms with Crippen molar-refractivity contribution in [2.75, 3.05) is 34.5 Å². The van der Waals surface area contributed by atoms with E-state index < -0.39 is 0 Å². The van der Waals surface area contributed by atoms with Crippen LogP contribution in [0.4, 0.5) is 0 Å². The number of rotatable bonds is 12. The predicted molar refractivity (Wildman–Crippen MR) is 142 cm³/mol. The number of ether oxygens (including phenoxy) is 4. The SMILES string of the molecule is C=CCN=c1scc(-c2ccc(OC)cc2OC)n1N=Cc1ccc(OCCC(C)C)c(OC)c1. The van der Waals surface area contributed by atoms with Gasteiger partial charge in [-0.25, -0.2) is 4.68 Å². The van der Waals surface area contributed by atoms with Gasteiger partial charge >= 0.3 is 0 Å². The van der Waals surface area contributed by atoms with Crippen LogP contribution in [0.25, 0.3) is 11.3 Å². The van der Waals surface area contributed by atoms with Gasteiger partial charge in [0.1, 0.15) is 11.5 Å². The lowest BCUT2D eigenvalue weighted by molar-refractivity contribution is 0.273. The van der Waals surface area contributed by atoms with Gasteiger partial charge < -0.3 is 18.9 Å². The van der Waals surface area contributed by atoms with Crippen molar-refractivity contribution >= 4 is 17.6 Å². The summed E-state index contributed by atoms with van der Waals surface area (Å²) in [6.45, 7) is 9.26. The van der Waals surface area contributed by atoms with E-state index in [4.69, 9.17) is 24.0 Å². The standard InChI is InChI=1S/C27H33N3O4S/c1-7-13-28-27-30(23(18-35-27)22-10-9-21(31-4)16-25(22)32-5)29-17-20-8-11-24(26(15-20)33-6)34-14-12-19(2)3/h7-11,15-19H,1,12-14H2,2-6H3. The molecule has 0 aliphatic rings. The maximum absolute atomic E-state index is 5.91. The Morgan fingerprint density at radius 3 is 2.49 bits per heavy atom. The van der Waals surface area contributed by atoms with Crippen LogP contribution in [0.3, 0.4) is 0 Å². The third-order valence-electron chi connectivity index (χ3n) is 5.19. The molecule has 1 aromatic heterocycles. The Morgan fingerprint density at radius 1 is 1.00 bits per heavy atom. The fourth-order valence-electron chi connectivity index (χ4n) is 3.27. The molecule has 0 saturated heterocycles. The Hall–Kier alpha value is -3.52. The molecule has 186 valence electrons. The Labute approximate surface area is 211 Å². The normalized spacial score (nSPS) is 11.8. The van der Waals surface area contributed by atoms with Gasteiger partial charge in [-0.3, -0.25) is 4.99 Å². The highest BCUT2D eigenvalue weighted by molar-refractivity contribution is 7.07. The number of methoxy groups -OCH3 is 3. The second-order valence-electron chi connectivity index (χ2n) is 8.10. The molecule has 1 heterocycles. The molecule has 0 atom stereocenters. The van der Waals surface area contributed by atoms with Crippen molar-refractivity contribution in [1.82, 2.24) is 4.68 Å². The summed E-state index contributed by atoms with van der Waals surface area (Å²) in [5, 5.41) is 6.77. The van der Waals surface area contributed by atoms with E-state index in [2.05, 4.69) is 25.4 Å². The van der Waals surface area contributed by atoms with Crippen molar-refractivity contribution in [1.29, 1.82) is 0 Å². The van der Waals surface area contributed by atoms with Crippen LogP contribution >= 0.6 is 11.3 Å². The highest BCUT2D eigenvalue weighted by atomic mass is 32.1. The van der Waals surface area contributed by atoms with Crippen molar-refractivity contribution in [3.8, 4) is 34.3 Å². The summed E-state index contributed by atoms with van der Waals surface area (Å²) < 4.78 is 24.2. The fourth-order valence-corrected chi connectivity index (χ4v) is 4.11. The number of benzene rings is 2. The molecule has 0 aliphatic carbocycles. The van der Waals surface area contributed by atoms with E-state index in [0.29, 0.717) is 30.6 Å². The van der Waals surface area contributed by atoms with Crippen LogP contribution in [-0.2, 0) is 0 Å². The maximum Gasteiger partial charge on any atom is 0.206 e. The molecule has 0 N–H and O–H groups in total. The lowest BCUT2D eigenvalue weighted by atomic mass is 10.1. The quantitative estimate of drug-likeness (QED) is 0.241. The van der Waals surface area contributed by atoms with E-state index in [1.807, 2.05) is 41.8 Å². The minimum Gasteiger partial charge on any atom is -0.497 e. The van der Waals surface area contributed by atoms with Crippen LogP contribution in [0.1, 0.15) is 25.8 Å². The third kappa shape index (κ3) is 6.76. The summed E-state index contributed by atoms with van der Waals surface area (Å²) in [5.41, 5.74) is 2.61. The summed E-state index contributed by atoms with van der Waals surface area (Å²) in [4.78, 5) is 5.35. The molecule has 0 radical (unpaired) electrons. The largest absolute Gasteiger partial charge is 0.497 e. The van der Waals surface area contributed by atoms with Gasteiger partial charge in [0, 0.05) is 17.0 Å². The van der Waals surface area contributed by atoms with Crippen molar-refractivity contribution in [2.45, 2.75) is 20.3 Å². The molecule has 0 bridgehead atoms. The van der Waals surface area contributed by atoms with Gasteiger partial charge in [-0.15, -0.1) is 17.9 Å². The van der Waals surface area contributed by atoms with Gasteiger partial charge in [-0.05, 0) is 48.2 Å². The number of hydrogen-bond acceptors (Lipinski definition) is 7. The van der Waals surface area contributed by atoms with Crippen LogP contribution < -0.4 is 23.7 Å². The van der Waals surface area contributed by atoms with Gasteiger partial charge in [-0.1, -0.05) is 19.9 Å².